The minimum Gasteiger partial charge on any atom is -0.465 e. The van der Waals surface area contributed by atoms with Gasteiger partial charge in [0.25, 0.3) is 0 Å². The van der Waals surface area contributed by atoms with Crippen LogP contribution in [0.4, 0.5) is 17.6 Å². The zero-order valence-electron chi connectivity index (χ0n) is 15.9. The number of hydrogen-bond donors (Lipinski definition) is 2. The molecule has 0 unspecified atom stereocenters. The smallest absolute Gasteiger partial charge is 0.338 e. The van der Waals surface area contributed by atoms with E-state index in [4.69, 9.17) is 10.5 Å². The number of hydrogen-bond acceptors (Lipinski definition) is 9. The Morgan fingerprint density at radius 3 is 2.28 bits per heavy atom. The molecule has 0 spiro atoms. The number of benzene rings is 2. The number of para-hydroxylation sites is 1. The first-order valence-electron chi connectivity index (χ1n) is 8.65. The topological polar surface area (TPSA) is 129 Å². The number of aryl methyl sites for hydroxylation is 1. The molecule has 0 saturated heterocycles. The summed E-state index contributed by atoms with van der Waals surface area (Å²) >= 11 is 0. The molecular weight excluding hydrogens is 374 g/mol. The fourth-order valence-electron chi connectivity index (χ4n) is 2.47. The summed E-state index contributed by atoms with van der Waals surface area (Å²) in [5, 5.41) is 3.07. The lowest BCUT2D eigenvalue weighted by Crippen LogP contribution is -2.11. The van der Waals surface area contributed by atoms with Gasteiger partial charge in [0.05, 0.1) is 18.2 Å². The first-order valence-corrected chi connectivity index (χ1v) is 8.65. The Balaban J connectivity index is 1.67. The highest BCUT2D eigenvalue weighted by Crippen LogP contribution is 2.18. The maximum Gasteiger partial charge on any atom is 0.338 e. The molecule has 1 aromatic heterocycles. The lowest BCUT2D eigenvalue weighted by molar-refractivity contribution is 0.0461. The molecule has 1 heterocycles. The highest BCUT2D eigenvalue weighted by Gasteiger charge is 2.12. The SMILES string of the molecule is COC(=O)c1ccc(C(=O)OCc2nc(N)nc(Nc3ccccc3C)n2)cc1. The molecule has 0 aliphatic rings. The number of aromatic nitrogens is 3. The van der Waals surface area contributed by atoms with Crippen LogP contribution in [0.1, 0.15) is 32.1 Å². The second kappa shape index (κ2) is 8.79. The Morgan fingerprint density at radius 2 is 1.62 bits per heavy atom. The highest BCUT2D eigenvalue weighted by molar-refractivity contribution is 5.93. The molecule has 3 N–H and O–H groups in total. The molecule has 0 atom stereocenters. The Hall–Kier alpha value is -4.01. The number of anilines is 3. The molecule has 0 amide bonds. The lowest BCUT2D eigenvalue weighted by atomic mass is 10.1. The molecule has 148 valence electrons. The van der Waals surface area contributed by atoms with Crippen LogP contribution in [-0.2, 0) is 16.1 Å². The van der Waals surface area contributed by atoms with E-state index in [2.05, 4.69) is 25.0 Å². The van der Waals surface area contributed by atoms with Crippen molar-refractivity contribution in [2.75, 3.05) is 18.2 Å². The van der Waals surface area contributed by atoms with Crippen molar-refractivity contribution in [2.45, 2.75) is 13.5 Å². The Labute approximate surface area is 166 Å². The van der Waals surface area contributed by atoms with E-state index in [1.54, 1.807) is 0 Å². The second-order valence-corrected chi connectivity index (χ2v) is 6.02. The van der Waals surface area contributed by atoms with Crippen molar-refractivity contribution in [1.29, 1.82) is 0 Å². The number of nitrogen functional groups attached to an aromatic ring is 1. The molecule has 9 heteroatoms. The van der Waals surface area contributed by atoms with Crippen LogP contribution in [-0.4, -0.2) is 34.0 Å². The largest absolute Gasteiger partial charge is 0.465 e. The average Bonchev–Trinajstić information content (AvgIpc) is 2.73. The van der Waals surface area contributed by atoms with Crippen molar-refractivity contribution in [3.05, 3.63) is 71.0 Å². The molecule has 3 aromatic rings. The van der Waals surface area contributed by atoms with E-state index in [0.717, 1.165) is 11.3 Å². The number of esters is 2. The summed E-state index contributed by atoms with van der Waals surface area (Å²) in [7, 11) is 1.28. The maximum absolute atomic E-state index is 12.2. The van der Waals surface area contributed by atoms with E-state index in [-0.39, 0.29) is 29.9 Å². The number of nitrogens with one attached hydrogen (secondary N) is 1. The zero-order valence-corrected chi connectivity index (χ0v) is 15.9. The fraction of sp³-hybridized carbons (Fsp3) is 0.150. The van der Waals surface area contributed by atoms with Crippen molar-refractivity contribution < 1.29 is 19.1 Å². The number of rotatable bonds is 6. The van der Waals surface area contributed by atoms with Gasteiger partial charge in [0.1, 0.15) is 0 Å². The van der Waals surface area contributed by atoms with Gasteiger partial charge in [0, 0.05) is 5.69 Å². The van der Waals surface area contributed by atoms with Crippen LogP contribution in [0, 0.1) is 6.92 Å². The molecule has 0 saturated carbocycles. The summed E-state index contributed by atoms with van der Waals surface area (Å²) in [5.41, 5.74) is 8.19. The van der Waals surface area contributed by atoms with Crippen LogP contribution in [0.15, 0.2) is 48.5 Å². The highest BCUT2D eigenvalue weighted by atomic mass is 16.5. The maximum atomic E-state index is 12.2. The minimum absolute atomic E-state index is 0.00423. The standard InChI is InChI=1S/C20H19N5O4/c1-12-5-3-4-6-15(12)22-20-24-16(23-19(21)25-20)11-29-18(27)14-9-7-13(8-10-14)17(26)28-2/h3-10H,11H2,1-2H3,(H3,21,22,23,24,25). The molecule has 0 bridgehead atoms. The predicted octanol–water partition coefficient (Wildman–Crippen LogP) is 2.65. The lowest BCUT2D eigenvalue weighted by Gasteiger charge is -2.10. The van der Waals surface area contributed by atoms with Crippen LogP contribution >= 0.6 is 0 Å². The van der Waals surface area contributed by atoms with Gasteiger partial charge < -0.3 is 20.5 Å². The van der Waals surface area contributed by atoms with E-state index in [1.165, 1.54) is 31.4 Å². The first-order chi connectivity index (χ1) is 14.0. The number of methoxy groups -OCH3 is 1. The predicted molar refractivity (Wildman–Crippen MR) is 106 cm³/mol. The molecule has 0 fully saturated rings. The summed E-state index contributed by atoms with van der Waals surface area (Å²) in [5.74, 6) is -0.619. The van der Waals surface area contributed by atoms with Crippen molar-refractivity contribution >= 4 is 29.5 Å². The fourth-order valence-corrected chi connectivity index (χ4v) is 2.47. The third-order valence-electron chi connectivity index (χ3n) is 3.96. The van der Waals surface area contributed by atoms with Crippen LogP contribution in [0.25, 0.3) is 0 Å². The first kappa shape index (κ1) is 19.7. The number of nitrogens with zero attached hydrogens (tertiary/aromatic N) is 3. The number of nitrogens with two attached hydrogens (primary N) is 1. The second-order valence-electron chi connectivity index (χ2n) is 6.02. The molecule has 0 aliphatic carbocycles. The van der Waals surface area contributed by atoms with Crippen LogP contribution in [0.5, 0.6) is 0 Å². The molecule has 0 radical (unpaired) electrons. The normalized spacial score (nSPS) is 10.3. The van der Waals surface area contributed by atoms with Crippen molar-refractivity contribution in [1.82, 2.24) is 15.0 Å². The van der Waals surface area contributed by atoms with Crippen molar-refractivity contribution in [3.63, 3.8) is 0 Å². The van der Waals surface area contributed by atoms with Crippen molar-refractivity contribution in [2.24, 2.45) is 0 Å². The number of ether oxygens (including phenoxy) is 2. The van der Waals surface area contributed by atoms with E-state index < -0.39 is 11.9 Å². The van der Waals surface area contributed by atoms with E-state index in [9.17, 15) is 9.59 Å². The van der Waals surface area contributed by atoms with Gasteiger partial charge in [-0.2, -0.15) is 15.0 Å². The van der Waals surface area contributed by atoms with Gasteiger partial charge in [-0.1, -0.05) is 18.2 Å². The third-order valence-corrected chi connectivity index (χ3v) is 3.96. The summed E-state index contributed by atoms with van der Waals surface area (Å²) in [6.45, 7) is 1.76. The summed E-state index contributed by atoms with van der Waals surface area (Å²) < 4.78 is 9.85. The quantitative estimate of drug-likeness (QED) is 0.607. The van der Waals surface area contributed by atoms with Crippen LogP contribution in [0.2, 0.25) is 0 Å². The van der Waals surface area contributed by atoms with Gasteiger partial charge in [0.2, 0.25) is 11.9 Å². The molecular formula is C20H19N5O4. The van der Waals surface area contributed by atoms with Gasteiger partial charge in [-0.15, -0.1) is 0 Å². The molecule has 2 aromatic carbocycles. The van der Waals surface area contributed by atoms with E-state index in [1.807, 2.05) is 31.2 Å². The minimum atomic E-state index is -0.589. The van der Waals surface area contributed by atoms with E-state index >= 15 is 0 Å². The van der Waals surface area contributed by atoms with Gasteiger partial charge >= 0.3 is 11.9 Å². The Bertz CT molecular complexity index is 1040. The average molecular weight is 393 g/mol. The monoisotopic (exact) mass is 393 g/mol. The molecule has 9 nitrogen and oxygen atoms in total. The van der Waals surface area contributed by atoms with Gasteiger partial charge in [-0.25, -0.2) is 9.59 Å². The van der Waals surface area contributed by atoms with Gasteiger partial charge in [0.15, 0.2) is 12.4 Å². The Kier molecular flexibility index (Phi) is 5.98. The summed E-state index contributed by atoms with van der Waals surface area (Å²) in [6.07, 6.45) is 0. The van der Waals surface area contributed by atoms with Crippen molar-refractivity contribution in [3.8, 4) is 0 Å². The number of carbonyl (C=O) groups excluding carboxylic acids is 2. The van der Waals surface area contributed by atoms with Gasteiger partial charge in [-0.3, -0.25) is 0 Å². The van der Waals surface area contributed by atoms with Crippen LogP contribution in [0.3, 0.4) is 0 Å². The summed E-state index contributed by atoms with van der Waals surface area (Å²) in [6, 6.07) is 13.5. The third kappa shape index (κ3) is 5.04. The zero-order chi connectivity index (χ0) is 20.8. The molecule has 29 heavy (non-hydrogen) atoms. The molecule has 0 aliphatic heterocycles. The summed E-state index contributed by atoms with van der Waals surface area (Å²) in [4.78, 5) is 35.9. The van der Waals surface area contributed by atoms with Crippen LogP contribution < -0.4 is 11.1 Å². The van der Waals surface area contributed by atoms with E-state index in [0.29, 0.717) is 5.56 Å². The Morgan fingerprint density at radius 1 is 0.966 bits per heavy atom. The molecule has 3 rings (SSSR count). The number of carbonyl (C=O) groups is 2. The van der Waals surface area contributed by atoms with Gasteiger partial charge in [-0.05, 0) is 42.8 Å².